The third-order valence-corrected chi connectivity index (χ3v) is 5.92. The van der Waals surface area contributed by atoms with Gasteiger partial charge in [-0.2, -0.15) is 0 Å². The lowest BCUT2D eigenvalue weighted by Gasteiger charge is -2.26. The molecule has 1 fully saturated rings. The second kappa shape index (κ2) is 13.6. The first-order valence-corrected chi connectivity index (χ1v) is 12.4. The van der Waals surface area contributed by atoms with Crippen LogP contribution in [0.3, 0.4) is 0 Å². The summed E-state index contributed by atoms with van der Waals surface area (Å²) in [6.45, 7) is 9.67. The van der Waals surface area contributed by atoms with E-state index in [2.05, 4.69) is 15.2 Å². The highest BCUT2D eigenvalue weighted by Crippen LogP contribution is 2.17. The fourth-order valence-corrected chi connectivity index (χ4v) is 4.01. The summed E-state index contributed by atoms with van der Waals surface area (Å²) in [5, 5.41) is 3.63. The standard InChI is InChI=1S/C26H29N3O5.C2H6/c1-18-6-8-19(9-7-18)25(31)28-23(26(32)34-15-12-29-10-13-33-14-11-29)16-20-17-24(30)27-22-5-3-2-4-21(20)22;1-2/h2-9,17,23H,10-16H2,1H3,(H,27,30)(H,28,31);1-2H3. The number of H-pyrrole nitrogens is 1. The van der Waals surface area contributed by atoms with Crippen molar-refractivity contribution in [3.05, 3.63) is 81.6 Å². The van der Waals surface area contributed by atoms with Crippen molar-refractivity contribution in [3.63, 3.8) is 0 Å². The number of nitrogens with zero attached hydrogens (tertiary/aromatic N) is 1. The molecule has 36 heavy (non-hydrogen) atoms. The van der Waals surface area contributed by atoms with E-state index in [4.69, 9.17) is 9.47 Å². The highest BCUT2D eigenvalue weighted by Gasteiger charge is 2.25. The Hall–Kier alpha value is -3.49. The number of rotatable bonds is 8. The molecule has 192 valence electrons. The highest BCUT2D eigenvalue weighted by atomic mass is 16.5. The van der Waals surface area contributed by atoms with E-state index >= 15 is 0 Å². The number of fused-ring (bicyclic) bond motifs is 1. The molecule has 2 aromatic carbocycles. The second-order valence-corrected chi connectivity index (χ2v) is 8.42. The molecule has 8 heteroatoms. The van der Waals surface area contributed by atoms with E-state index in [0.717, 1.165) is 24.0 Å². The van der Waals surface area contributed by atoms with Crippen LogP contribution in [0.2, 0.25) is 0 Å². The van der Waals surface area contributed by atoms with Crippen LogP contribution in [0.15, 0.2) is 59.4 Å². The quantitative estimate of drug-likeness (QED) is 0.468. The minimum absolute atomic E-state index is 0.137. The minimum atomic E-state index is -0.941. The zero-order chi connectivity index (χ0) is 25.9. The number of hydrogen-bond donors (Lipinski definition) is 2. The number of pyridine rings is 1. The predicted molar refractivity (Wildman–Crippen MR) is 140 cm³/mol. The molecule has 1 unspecified atom stereocenters. The number of esters is 1. The lowest BCUT2D eigenvalue weighted by molar-refractivity contribution is -0.146. The molecule has 0 radical (unpaired) electrons. The molecule has 2 heterocycles. The fourth-order valence-electron chi connectivity index (χ4n) is 4.01. The van der Waals surface area contributed by atoms with Gasteiger partial charge >= 0.3 is 5.97 Å². The number of benzene rings is 2. The summed E-state index contributed by atoms with van der Waals surface area (Å²) < 4.78 is 10.9. The number of hydrogen-bond acceptors (Lipinski definition) is 6. The van der Waals surface area contributed by atoms with Crippen LogP contribution in [-0.4, -0.2) is 67.3 Å². The maximum absolute atomic E-state index is 13.1. The molecule has 4 rings (SSSR count). The van der Waals surface area contributed by atoms with Gasteiger partial charge < -0.3 is 19.8 Å². The minimum Gasteiger partial charge on any atom is -0.463 e. The summed E-state index contributed by atoms with van der Waals surface area (Å²) in [4.78, 5) is 43.1. The van der Waals surface area contributed by atoms with Crippen molar-refractivity contribution in [2.75, 3.05) is 39.5 Å². The van der Waals surface area contributed by atoms with E-state index in [-0.39, 0.29) is 24.5 Å². The Kier molecular flexibility index (Phi) is 10.2. The average molecular weight is 494 g/mol. The van der Waals surface area contributed by atoms with Gasteiger partial charge in [-0.15, -0.1) is 0 Å². The van der Waals surface area contributed by atoms with Gasteiger partial charge in [0.1, 0.15) is 12.6 Å². The molecule has 1 amide bonds. The van der Waals surface area contributed by atoms with Gasteiger partial charge in [0.15, 0.2) is 0 Å². The monoisotopic (exact) mass is 493 g/mol. The first-order valence-electron chi connectivity index (χ1n) is 12.4. The molecular weight excluding hydrogens is 458 g/mol. The molecule has 0 saturated carbocycles. The van der Waals surface area contributed by atoms with E-state index < -0.39 is 12.0 Å². The van der Waals surface area contributed by atoms with Gasteiger partial charge in [-0.3, -0.25) is 14.5 Å². The van der Waals surface area contributed by atoms with E-state index in [1.54, 1.807) is 18.2 Å². The van der Waals surface area contributed by atoms with Crippen molar-refractivity contribution in [2.45, 2.75) is 33.2 Å². The molecule has 3 aromatic rings. The number of amides is 1. The Bertz CT molecular complexity index is 1200. The number of ether oxygens (including phenoxy) is 2. The Morgan fingerprint density at radius 2 is 1.78 bits per heavy atom. The first-order chi connectivity index (χ1) is 17.5. The lowest BCUT2D eigenvalue weighted by Crippen LogP contribution is -2.44. The van der Waals surface area contributed by atoms with Crippen molar-refractivity contribution in [1.29, 1.82) is 0 Å². The molecule has 8 nitrogen and oxygen atoms in total. The summed E-state index contributed by atoms with van der Waals surface area (Å²) in [5.74, 6) is -0.901. The number of aromatic nitrogens is 1. The number of carbonyl (C=O) groups excluding carboxylic acids is 2. The topological polar surface area (TPSA) is 101 Å². The SMILES string of the molecule is CC.Cc1ccc(C(=O)NC(Cc2cc(=O)[nH]c3ccccc23)C(=O)OCCN2CCOCC2)cc1. The molecule has 1 atom stereocenters. The van der Waals surface area contributed by atoms with Gasteiger partial charge in [0.25, 0.3) is 5.91 Å². The third kappa shape index (κ3) is 7.50. The van der Waals surface area contributed by atoms with Gasteiger partial charge in [0.2, 0.25) is 5.56 Å². The Balaban J connectivity index is 0.00000176. The lowest BCUT2D eigenvalue weighted by atomic mass is 10.0. The summed E-state index contributed by atoms with van der Waals surface area (Å²) in [6.07, 6.45) is 0.137. The van der Waals surface area contributed by atoms with E-state index in [1.165, 1.54) is 6.07 Å². The Morgan fingerprint density at radius 1 is 1.08 bits per heavy atom. The van der Waals surface area contributed by atoms with Crippen LogP contribution in [-0.2, 0) is 20.7 Å². The predicted octanol–water partition coefficient (Wildman–Crippen LogP) is 3.08. The Morgan fingerprint density at radius 3 is 2.50 bits per heavy atom. The highest BCUT2D eigenvalue weighted by molar-refractivity contribution is 5.97. The van der Waals surface area contributed by atoms with Gasteiger partial charge in [-0.25, -0.2) is 4.79 Å². The van der Waals surface area contributed by atoms with Gasteiger partial charge in [-0.1, -0.05) is 49.7 Å². The van der Waals surface area contributed by atoms with Gasteiger partial charge in [0.05, 0.1) is 13.2 Å². The maximum atomic E-state index is 13.1. The number of morpholine rings is 1. The van der Waals surface area contributed by atoms with Crippen LogP contribution in [0, 0.1) is 6.92 Å². The smallest absolute Gasteiger partial charge is 0.329 e. The molecule has 1 saturated heterocycles. The van der Waals surface area contributed by atoms with Crippen LogP contribution in [0.4, 0.5) is 0 Å². The van der Waals surface area contributed by atoms with E-state index in [9.17, 15) is 14.4 Å². The molecule has 1 aromatic heterocycles. The van der Waals surface area contributed by atoms with Crippen molar-refractivity contribution in [2.24, 2.45) is 0 Å². The maximum Gasteiger partial charge on any atom is 0.329 e. The number of aromatic amines is 1. The van der Waals surface area contributed by atoms with Crippen LogP contribution < -0.4 is 10.9 Å². The van der Waals surface area contributed by atoms with Crippen molar-refractivity contribution < 1.29 is 19.1 Å². The fraction of sp³-hybridized carbons (Fsp3) is 0.393. The zero-order valence-corrected chi connectivity index (χ0v) is 21.2. The van der Waals surface area contributed by atoms with E-state index in [1.807, 2.05) is 51.1 Å². The molecule has 2 N–H and O–H groups in total. The molecule has 0 aliphatic carbocycles. The number of aryl methyl sites for hydroxylation is 1. The summed E-state index contributed by atoms with van der Waals surface area (Å²) in [5.41, 5.74) is 2.56. The van der Waals surface area contributed by atoms with Crippen molar-refractivity contribution >= 4 is 22.8 Å². The second-order valence-electron chi connectivity index (χ2n) is 8.42. The van der Waals surface area contributed by atoms with Crippen LogP contribution in [0.1, 0.15) is 35.3 Å². The van der Waals surface area contributed by atoms with Crippen molar-refractivity contribution in [3.8, 4) is 0 Å². The van der Waals surface area contributed by atoms with Crippen LogP contribution >= 0.6 is 0 Å². The number of carbonyl (C=O) groups is 2. The molecule has 0 bridgehead atoms. The number of nitrogens with one attached hydrogen (secondary N) is 2. The summed E-state index contributed by atoms with van der Waals surface area (Å²) in [6, 6.07) is 15.0. The molecule has 1 aliphatic heterocycles. The van der Waals surface area contributed by atoms with Gasteiger partial charge in [0, 0.05) is 48.6 Å². The van der Waals surface area contributed by atoms with Crippen LogP contribution in [0.25, 0.3) is 10.9 Å². The Labute approximate surface area is 211 Å². The summed E-state index contributed by atoms with van der Waals surface area (Å²) >= 11 is 0. The average Bonchev–Trinajstić information content (AvgIpc) is 2.90. The normalized spacial score (nSPS) is 14.4. The number of para-hydroxylation sites is 1. The summed E-state index contributed by atoms with van der Waals surface area (Å²) in [7, 11) is 0. The zero-order valence-electron chi connectivity index (χ0n) is 21.2. The van der Waals surface area contributed by atoms with E-state index in [0.29, 0.717) is 36.4 Å². The molecule has 0 spiro atoms. The molecular formula is C28H35N3O5. The largest absolute Gasteiger partial charge is 0.463 e. The van der Waals surface area contributed by atoms with Crippen LogP contribution in [0.5, 0.6) is 0 Å². The van der Waals surface area contributed by atoms with Gasteiger partial charge in [-0.05, 0) is 30.7 Å². The van der Waals surface area contributed by atoms with Crippen molar-refractivity contribution in [1.82, 2.24) is 15.2 Å². The first kappa shape index (κ1) is 27.1. The molecule has 1 aliphatic rings. The third-order valence-electron chi connectivity index (χ3n) is 5.92.